The Morgan fingerprint density at radius 1 is 1.58 bits per heavy atom. The molecular formula is C8H6FNOS. The Morgan fingerprint density at radius 2 is 2.33 bits per heavy atom. The van der Waals surface area contributed by atoms with E-state index in [0.29, 0.717) is 11.3 Å². The van der Waals surface area contributed by atoms with Crippen molar-refractivity contribution in [2.24, 2.45) is 0 Å². The maximum Gasteiger partial charge on any atom is 0.303 e. The van der Waals surface area contributed by atoms with Gasteiger partial charge in [0.1, 0.15) is 0 Å². The highest BCUT2D eigenvalue weighted by Crippen LogP contribution is 2.11. The number of halogens is 1. The zero-order chi connectivity index (χ0) is 8.97. The van der Waals surface area contributed by atoms with E-state index >= 15 is 0 Å². The van der Waals surface area contributed by atoms with Gasteiger partial charge in [-0.15, -0.1) is 6.42 Å². The van der Waals surface area contributed by atoms with Crippen molar-refractivity contribution in [1.29, 1.82) is 0 Å². The summed E-state index contributed by atoms with van der Waals surface area (Å²) in [5, 5.41) is 0. The topological polar surface area (TPSA) is 35.1 Å². The molecule has 0 saturated carbocycles. The molecule has 4 heteroatoms. The number of benzene rings is 1. The third kappa shape index (κ3) is 2.46. The van der Waals surface area contributed by atoms with Crippen LogP contribution in [-0.2, 0) is 11.7 Å². The van der Waals surface area contributed by atoms with E-state index in [4.69, 9.17) is 6.42 Å². The van der Waals surface area contributed by atoms with Crippen molar-refractivity contribution in [1.82, 2.24) is 0 Å². The van der Waals surface area contributed by atoms with Crippen LogP contribution in [-0.4, -0.2) is 4.55 Å². The molecule has 1 N–H and O–H groups in total. The molecule has 0 amide bonds. The average molecular weight is 183 g/mol. The summed E-state index contributed by atoms with van der Waals surface area (Å²) in [7, 11) is 0. The Labute approximate surface area is 73.4 Å². The van der Waals surface area contributed by atoms with Crippen LogP contribution in [0.2, 0.25) is 0 Å². The lowest BCUT2D eigenvalue weighted by atomic mass is 10.2. The second kappa shape index (κ2) is 4.00. The summed E-state index contributed by atoms with van der Waals surface area (Å²) in [4.78, 5) is 0. The first-order valence-electron chi connectivity index (χ1n) is 3.14. The van der Waals surface area contributed by atoms with Crippen LogP contribution in [0.5, 0.6) is 0 Å². The van der Waals surface area contributed by atoms with E-state index < -0.39 is 11.7 Å². The molecule has 0 aliphatic rings. The minimum absolute atomic E-state index is 0.409. The largest absolute Gasteiger partial charge is 0.555 e. The van der Waals surface area contributed by atoms with E-state index in [-0.39, 0.29) is 0 Å². The lowest BCUT2D eigenvalue weighted by molar-refractivity contribution is 0.557. The molecule has 0 radical (unpaired) electrons. The lowest BCUT2D eigenvalue weighted by Crippen LogP contribution is -2.05. The molecule has 1 unspecified atom stereocenters. The number of rotatable bonds is 2. The molecule has 1 aromatic rings. The van der Waals surface area contributed by atoms with Crippen molar-refractivity contribution in [3.63, 3.8) is 0 Å². The van der Waals surface area contributed by atoms with E-state index in [1.807, 2.05) is 0 Å². The highest BCUT2D eigenvalue weighted by atomic mass is 32.3. The molecule has 1 atom stereocenters. The summed E-state index contributed by atoms with van der Waals surface area (Å²) in [6.07, 6.45) is 5.10. The molecule has 0 heterocycles. The predicted octanol–water partition coefficient (Wildman–Crippen LogP) is 1.63. The van der Waals surface area contributed by atoms with Gasteiger partial charge in [0.05, 0.1) is 5.69 Å². The van der Waals surface area contributed by atoms with Gasteiger partial charge in [-0.2, -0.15) is 4.72 Å². The van der Waals surface area contributed by atoms with E-state index in [1.54, 1.807) is 18.2 Å². The van der Waals surface area contributed by atoms with Gasteiger partial charge in [-0.05, 0) is 18.2 Å². The first-order chi connectivity index (χ1) is 5.72. The minimum Gasteiger partial charge on any atom is -0.555 e. The maximum atomic E-state index is 11.9. The zero-order valence-electron chi connectivity index (χ0n) is 6.08. The number of terminal acetylenes is 1. The fourth-order valence-corrected chi connectivity index (χ4v) is 1.08. The number of hydrogen-bond acceptors (Lipinski definition) is 2. The molecule has 62 valence electrons. The van der Waals surface area contributed by atoms with Crippen LogP contribution in [0.15, 0.2) is 24.3 Å². The first kappa shape index (κ1) is 8.91. The van der Waals surface area contributed by atoms with Crippen molar-refractivity contribution in [2.75, 3.05) is 4.72 Å². The third-order valence-corrected chi connectivity index (χ3v) is 1.62. The molecular weight excluding hydrogens is 177 g/mol. The second-order valence-corrected chi connectivity index (χ2v) is 2.70. The van der Waals surface area contributed by atoms with Crippen molar-refractivity contribution in [2.45, 2.75) is 0 Å². The molecule has 0 bridgehead atoms. The summed E-state index contributed by atoms with van der Waals surface area (Å²) >= 11 is -2.55. The smallest absolute Gasteiger partial charge is 0.303 e. The van der Waals surface area contributed by atoms with Gasteiger partial charge in [0.25, 0.3) is 0 Å². The fraction of sp³-hybridized carbons (Fsp3) is 0. The van der Waals surface area contributed by atoms with Crippen molar-refractivity contribution in [3.8, 4) is 12.3 Å². The first-order valence-corrected chi connectivity index (χ1v) is 4.19. The standard InChI is InChI=1S/C8H6FNOS/c1-2-7-4-3-5-8(6-7)10-12(9)11/h1,3-6,10H. The van der Waals surface area contributed by atoms with Crippen molar-refractivity contribution >= 4 is 17.4 Å². The molecule has 12 heavy (non-hydrogen) atoms. The molecule has 0 aromatic heterocycles. The van der Waals surface area contributed by atoms with E-state index in [9.17, 15) is 8.44 Å². The van der Waals surface area contributed by atoms with Crippen LogP contribution in [0.4, 0.5) is 9.57 Å². The molecule has 0 saturated heterocycles. The number of anilines is 1. The summed E-state index contributed by atoms with van der Waals surface area (Å²) in [6, 6.07) is 6.48. The SMILES string of the molecule is C#Cc1cccc(N[S+]([O-])F)c1. The highest BCUT2D eigenvalue weighted by molar-refractivity contribution is 7.87. The summed E-state index contributed by atoms with van der Waals surface area (Å²) < 4.78 is 24.1. The Bertz CT molecular complexity index is 308. The van der Waals surface area contributed by atoms with Gasteiger partial charge in [-0.1, -0.05) is 12.0 Å². The lowest BCUT2D eigenvalue weighted by Gasteiger charge is -2.00. The van der Waals surface area contributed by atoms with Gasteiger partial charge in [0.15, 0.2) is 0 Å². The molecule has 0 spiro atoms. The van der Waals surface area contributed by atoms with Crippen LogP contribution >= 0.6 is 0 Å². The van der Waals surface area contributed by atoms with Crippen LogP contribution in [0.25, 0.3) is 0 Å². The van der Waals surface area contributed by atoms with Gasteiger partial charge >= 0.3 is 11.7 Å². The second-order valence-electron chi connectivity index (χ2n) is 2.05. The monoisotopic (exact) mass is 183 g/mol. The van der Waals surface area contributed by atoms with E-state index in [1.165, 1.54) is 6.07 Å². The van der Waals surface area contributed by atoms with Crippen molar-refractivity contribution < 1.29 is 8.44 Å². The number of hydrogen-bond donors (Lipinski definition) is 1. The average Bonchev–Trinajstić information content (AvgIpc) is 2.03. The van der Waals surface area contributed by atoms with Crippen LogP contribution in [0.3, 0.4) is 0 Å². The normalized spacial score (nSPS) is 11.8. The minimum atomic E-state index is -2.55. The molecule has 2 nitrogen and oxygen atoms in total. The molecule has 1 rings (SSSR count). The van der Waals surface area contributed by atoms with E-state index in [0.717, 1.165) is 0 Å². The zero-order valence-corrected chi connectivity index (χ0v) is 6.90. The van der Waals surface area contributed by atoms with E-state index in [2.05, 4.69) is 10.6 Å². The van der Waals surface area contributed by atoms with Crippen LogP contribution < -0.4 is 4.72 Å². The Kier molecular flexibility index (Phi) is 2.97. The van der Waals surface area contributed by atoms with Gasteiger partial charge in [-0.3, -0.25) is 0 Å². The van der Waals surface area contributed by atoms with Gasteiger partial charge < -0.3 is 4.55 Å². The van der Waals surface area contributed by atoms with Crippen LogP contribution in [0.1, 0.15) is 5.56 Å². The number of nitrogens with one attached hydrogen (secondary N) is 1. The fourth-order valence-electron chi connectivity index (χ4n) is 0.765. The van der Waals surface area contributed by atoms with Crippen molar-refractivity contribution in [3.05, 3.63) is 29.8 Å². The third-order valence-electron chi connectivity index (χ3n) is 1.23. The van der Waals surface area contributed by atoms with Gasteiger partial charge in [0, 0.05) is 9.45 Å². The summed E-state index contributed by atoms with van der Waals surface area (Å²) in [5.74, 6) is 2.38. The molecule has 0 aliphatic carbocycles. The Morgan fingerprint density at radius 3 is 2.92 bits per heavy atom. The van der Waals surface area contributed by atoms with Gasteiger partial charge in [-0.25, -0.2) is 0 Å². The Balaban J connectivity index is 2.81. The maximum absolute atomic E-state index is 11.9. The van der Waals surface area contributed by atoms with Gasteiger partial charge in [0.2, 0.25) is 0 Å². The quantitative estimate of drug-likeness (QED) is 0.558. The summed E-state index contributed by atoms with van der Waals surface area (Å²) in [5.41, 5.74) is 1.02. The molecule has 0 aliphatic heterocycles. The predicted molar refractivity (Wildman–Crippen MR) is 47.3 cm³/mol. The summed E-state index contributed by atoms with van der Waals surface area (Å²) in [6.45, 7) is 0. The van der Waals surface area contributed by atoms with Crippen LogP contribution in [0, 0.1) is 12.3 Å². The Hall–Kier alpha value is -1.18. The molecule has 0 fully saturated rings. The highest BCUT2D eigenvalue weighted by Gasteiger charge is 2.03. The molecule has 1 aromatic carbocycles.